The van der Waals surface area contributed by atoms with Gasteiger partial charge in [-0.2, -0.15) is 0 Å². The van der Waals surface area contributed by atoms with Crippen LogP contribution in [0, 0.1) is 15.9 Å². The van der Waals surface area contributed by atoms with Gasteiger partial charge in [0.25, 0.3) is 11.6 Å². The first-order chi connectivity index (χ1) is 11.4. The van der Waals surface area contributed by atoms with Crippen LogP contribution in [-0.4, -0.2) is 17.4 Å². The summed E-state index contributed by atoms with van der Waals surface area (Å²) in [5, 5.41) is 13.3. The Morgan fingerprint density at radius 1 is 1.29 bits per heavy atom. The van der Waals surface area contributed by atoms with Crippen molar-refractivity contribution in [3.63, 3.8) is 0 Å². The van der Waals surface area contributed by atoms with E-state index in [-0.39, 0.29) is 11.6 Å². The molecule has 24 heavy (non-hydrogen) atoms. The Bertz CT molecular complexity index is 747. The molecule has 0 aliphatic rings. The van der Waals surface area contributed by atoms with Gasteiger partial charge in [-0.1, -0.05) is 12.1 Å². The van der Waals surface area contributed by atoms with Crippen LogP contribution in [0.3, 0.4) is 0 Å². The third-order valence-corrected chi connectivity index (χ3v) is 3.45. The van der Waals surface area contributed by atoms with Crippen LogP contribution in [-0.2, 0) is 0 Å². The van der Waals surface area contributed by atoms with Gasteiger partial charge in [0.2, 0.25) is 0 Å². The molecule has 0 saturated carbocycles. The third-order valence-electron chi connectivity index (χ3n) is 3.45. The molecule has 1 atom stereocenters. The first-order valence-corrected chi connectivity index (χ1v) is 7.40. The van der Waals surface area contributed by atoms with Gasteiger partial charge in [-0.15, -0.1) is 0 Å². The molecule has 0 aliphatic carbocycles. The molecule has 6 nitrogen and oxygen atoms in total. The highest BCUT2D eigenvalue weighted by Gasteiger charge is 2.18. The summed E-state index contributed by atoms with van der Waals surface area (Å²) in [5.74, 6) is -0.842. The number of benzene rings is 2. The van der Waals surface area contributed by atoms with E-state index in [4.69, 9.17) is 4.74 Å². The molecule has 1 unspecified atom stereocenters. The van der Waals surface area contributed by atoms with Crippen molar-refractivity contribution in [3.05, 3.63) is 69.5 Å². The number of hydrogen-bond acceptors (Lipinski definition) is 4. The largest absolute Gasteiger partial charge is 0.494 e. The number of carbonyl (C=O) groups excluding carboxylic acids is 1. The Kier molecular flexibility index (Phi) is 5.47. The Morgan fingerprint density at radius 3 is 2.50 bits per heavy atom. The summed E-state index contributed by atoms with van der Waals surface area (Å²) in [4.78, 5) is 22.0. The minimum absolute atomic E-state index is 0.238. The number of nitro benzene ring substituents is 1. The molecule has 0 heterocycles. The van der Waals surface area contributed by atoms with Crippen molar-refractivity contribution in [2.75, 3.05) is 6.61 Å². The third kappa shape index (κ3) is 4.07. The van der Waals surface area contributed by atoms with E-state index in [9.17, 15) is 19.3 Å². The summed E-state index contributed by atoms with van der Waals surface area (Å²) in [5.41, 5.74) is 0.191. The van der Waals surface area contributed by atoms with Crippen LogP contribution in [0.5, 0.6) is 5.75 Å². The fraction of sp³-hybridized carbons (Fsp3) is 0.235. The predicted octanol–water partition coefficient (Wildman–Crippen LogP) is 3.62. The van der Waals surface area contributed by atoms with Gasteiger partial charge < -0.3 is 10.1 Å². The van der Waals surface area contributed by atoms with Crippen LogP contribution < -0.4 is 10.1 Å². The zero-order valence-electron chi connectivity index (χ0n) is 13.3. The zero-order chi connectivity index (χ0) is 17.7. The van der Waals surface area contributed by atoms with Gasteiger partial charge in [0.05, 0.1) is 29.2 Å². The molecule has 1 amide bonds. The molecule has 126 valence electrons. The van der Waals surface area contributed by atoms with Crippen molar-refractivity contribution < 1.29 is 18.8 Å². The highest BCUT2D eigenvalue weighted by atomic mass is 19.1. The van der Waals surface area contributed by atoms with E-state index in [1.165, 1.54) is 0 Å². The molecule has 2 rings (SSSR count). The van der Waals surface area contributed by atoms with Crippen molar-refractivity contribution in [2.45, 2.75) is 19.9 Å². The lowest BCUT2D eigenvalue weighted by atomic mass is 10.1. The maximum atomic E-state index is 13.9. The molecule has 7 heteroatoms. The summed E-state index contributed by atoms with van der Waals surface area (Å²) in [7, 11) is 0. The van der Waals surface area contributed by atoms with Gasteiger partial charge in [0, 0.05) is 6.07 Å². The second kappa shape index (κ2) is 7.54. The zero-order valence-corrected chi connectivity index (χ0v) is 13.3. The summed E-state index contributed by atoms with van der Waals surface area (Å²) in [6.45, 7) is 4.21. The number of non-ortho nitro benzene ring substituents is 1. The maximum absolute atomic E-state index is 13.9. The molecule has 0 saturated heterocycles. The van der Waals surface area contributed by atoms with E-state index in [1.807, 2.05) is 19.1 Å². The lowest BCUT2D eigenvalue weighted by molar-refractivity contribution is -0.385. The Balaban J connectivity index is 2.09. The minimum Gasteiger partial charge on any atom is -0.494 e. The number of hydrogen-bond donors (Lipinski definition) is 1. The number of halogens is 1. The number of nitro groups is 1. The summed E-state index contributed by atoms with van der Waals surface area (Å²) < 4.78 is 19.2. The lowest BCUT2D eigenvalue weighted by Gasteiger charge is -2.15. The van der Waals surface area contributed by atoms with E-state index < -0.39 is 22.3 Å². The molecule has 0 radical (unpaired) electrons. The minimum atomic E-state index is -0.930. The molecule has 0 fully saturated rings. The molecule has 2 aromatic rings. The topological polar surface area (TPSA) is 81.5 Å². The lowest BCUT2D eigenvalue weighted by Crippen LogP contribution is -2.27. The number of carbonyl (C=O) groups is 1. The Hall–Kier alpha value is -2.96. The van der Waals surface area contributed by atoms with Crippen molar-refractivity contribution in [1.29, 1.82) is 0 Å². The Labute approximate surface area is 138 Å². The van der Waals surface area contributed by atoms with Crippen LogP contribution in [0.15, 0.2) is 42.5 Å². The van der Waals surface area contributed by atoms with E-state index in [0.717, 1.165) is 29.5 Å². The molecule has 0 bridgehead atoms. The first kappa shape index (κ1) is 17.4. The van der Waals surface area contributed by atoms with Gasteiger partial charge >= 0.3 is 0 Å². The van der Waals surface area contributed by atoms with Gasteiger partial charge in [-0.3, -0.25) is 14.9 Å². The standard InChI is InChI=1S/C17H17FN2O4/c1-3-24-14-7-4-12(5-8-14)11(2)19-17(21)15-9-6-13(20(22)23)10-16(15)18/h4-11H,3H2,1-2H3,(H,19,21). The molecule has 0 spiro atoms. The van der Waals surface area contributed by atoms with E-state index >= 15 is 0 Å². The molecule has 2 aromatic carbocycles. The van der Waals surface area contributed by atoms with Crippen LogP contribution >= 0.6 is 0 Å². The summed E-state index contributed by atoms with van der Waals surface area (Å²) >= 11 is 0. The normalized spacial score (nSPS) is 11.6. The van der Waals surface area contributed by atoms with Gasteiger partial charge in [0.1, 0.15) is 11.6 Å². The average Bonchev–Trinajstić information content (AvgIpc) is 2.55. The average molecular weight is 332 g/mol. The fourth-order valence-corrected chi connectivity index (χ4v) is 2.18. The van der Waals surface area contributed by atoms with Crippen LogP contribution in [0.1, 0.15) is 35.8 Å². The smallest absolute Gasteiger partial charge is 0.272 e. The quantitative estimate of drug-likeness (QED) is 0.647. The van der Waals surface area contributed by atoms with Crippen molar-refractivity contribution in [1.82, 2.24) is 5.32 Å². The number of nitrogens with zero attached hydrogens (tertiary/aromatic N) is 1. The first-order valence-electron chi connectivity index (χ1n) is 7.40. The SMILES string of the molecule is CCOc1ccc(C(C)NC(=O)c2ccc([N+](=O)[O-])cc2F)cc1. The number of amides is 1. The molecular weight excluding hydrogens is 315 g/mol. The number of ether oxygens (including phenoxy) is 1. The maximum Gasteiger partial charge on any atom is 0.272 e. The van der Waals surface area contributed by atoms with E-state index in [1.54, 1.807) is 19.1 Å². The summed E-state index contributed by atoms with van der Waals surface area (Å²) in [6, 6.07) is 9.76. The van der Waals surface area contributed by atoms with Crippen molar-refractivity contribution in [2.24, 2.45) is 0 Å². The van der Waals surface area contributed by atoms with Gasteiger partial charge in [0.15, 0.2) is 0 Å². The highest BCUT2D eigenvalue weighted by Crippen LogP contribution is 2.20. The van der Waals surface area contributed by atoms with Crippen LogP contribution in [0.25, 0.3) is 0 Å². The second-order valence-corrected chi connectivity index (χ2v) is 5.12. The van der Waals surface area contributed by atoms with Gasteiger partial charge in [-0.25, -0.2) is 4.39 Å². The molecular formula is C17H17FN2O4. The molecule has 1 N–H and O–H groups in total. The number of rotatable bonds is 6. The monoisotopic (exact) mass is 332 g/mol. The van der Waals surface area contributed by atoms with Crippen molar-refractivity contribution in [3.8, 4) is 5.75 Å². The van der Waals surface area contributed by atoms with E-state index in [2.05, 4.69) is 5.32 Å². The van der Waals surface area contributed by atoms with Crippen LogP contribution in [0.4, 0.5) is 10.1 Å². The molecule has 0 aromatic heterocycles. The van der Waals surface area contributed by atoms with E-state index in [0.29, 0.717) is 6.61 Å². The number of nitrogens with one attached hydrogen (secondary N) is 1. The van der Waals surface area contributed by atoms with Gasteiger partial charge in [-0.05, 0) is 37.6 Å². The predicted molar refractivity (Wildman–Crippen MR) is 86.5 cm³/mol. The van der Waals surface area contributed by atoms with Crippen molar-refractivity contribution >= 4 is 11.6 Å². The molecule has 0 aliphatic heterocycles. The fourth-order valence-electron chi connectivity index (χ4n) is 2.18. The van der Waals surface area contributed by atoms with Crippen LogP contribution in [0.2, 0.25) is 0 Å². The Morgan fingerprint density at radius 2 is 1.96 bits per heavy atom. The summed E-state index contributed by atoms with van der Waals surface area (Å²) in [6.07, 6.45) is 0. The second-order valence-electron chi connectivity index (χ2n) is 5.12. The highest BCUT2D eigenvalue weighted by molar-refractivity contribution is 5.94.